The Balaban J connectivity index is 1.83. The third kappa shape index (κ3) is 2.86. The average Bonchev–Trinajstić information content (AvgIpc) is 2.99. The van der Waals surface area contributed by atoms with Gasteiger partial charge in [0.1, 0.15) is 18.3 Å². The molecule has 0 radical (unpaired) electrons. The summed E-state index contributed by atoms with van der Waals surface area (Å²) in [7, 11) is 0. The molecule has 0 aromatic carbocycles. The zero-order chi connectivity index (χ0) is 22.8. The van der Waals surface area contributed by atoms with E-state index in [-0.39, 0.29) is 29.6 Å². The Bertz CT molecular complexity index is 818. The second-order valence-electron chi connectivity index (χ2n) is 11.0. The lowest BCUT2D eigenvalue weighted by molar-refractivity contribution is -0.182. The van der Waals surface area contributed by atoms with Crippen LogP contribution in [0.4, 0.5) is 0 Å². The van der Waals surface area contributed by atoms with Gasteiger partial charge in [-0.1, -0.05) is 25.5 Å². The molecule has 3 fully saturated rings. The Morgan fingerprint density at radius 3 is 2.52 bits per heavy atom. The van der Waals surface area contributed by atoms with Gasteiger partial charge in [-0.15, -0.1) is 0 Å². The molecule has 4 rings (SSSR count). The van der Waals surface area contributed by atoms with E-state index in [1.54, 1.807) is 0 Å². The lowest BCUT2D eigenvalue weighted by Gasteiger charge is -2.61. The summed E-state index contributed by atoms with van der Waals surface area (Å²) < 4.78 is 0. The highest BCUT2D eigenvalue weighted by Gasteiger charge is 2.71. The van der Waals surface area contributed by atoms with Crippen LogP contribution in [0.25, 0.3) is 0 Å². The largest absolute Gasteiger partial charge is 0.481 e. The van der Waals surface area contributed by atoms with E-state index in [0.29, 0.717) is 12.8 Å². The molecular weight excluding hydrogens is 396 g/mol. The second kappa shape index (κ2) is 7.51. The zero-order valence-corrected chi connectivity index (χ0v) is 18.9. The van der Waals surface area contributed by atoms with Crippen LogP contribution in [0.2, 0.25) is 0 Å². The number of aliphatic hydroxyl groups is 2. The van der Waals surface area contributed by atoms with Crippen molar-refractivity contribution in [3.63, 3.8) is 0 Å². The van der Waals surface area contributed by atoms with Gasteiger partial charge in [-0.05, 0) is 86.9 Å². The fourth-order valence-electron chi connectivity index (χ4n) is 8.91. The van der Waals surface area contributed by atoms with Crippen LogP contribution in [0.5, 0.6) is 0 Å². The first-order valence-electron chi connectivity index (χ1n) is 11.8. The third-order valence-electron chi connectivity index (χ3n) is 10.0. The highest BCUT2D eigenvalue weighted by Crippen LogP contribution is 2.71. The smallest absolute Gasteiger partial charge is 0.315 e. The van der Waals surface area contributed by atoms with Gasteiger partial charge in [-0.3, -0.25) is 14.4 Å². The molecule has 4 aliphatic rings. The van der Waals surface area contributed by atoms with Crippen LogP contribution in [0.15, 0.2) is 11.6 Å². The fraction of sp³-hybridized carbons (Fsp3) is 0.800. The van der Waals surface area contributed by atoms with Crippen LogP contribution in [-0.4, -0.2) is 45.6 Å². The van der Waals surface area contributed by atoms with E-state index in [1.165, 1.54) is 12.5 Å². The Morgan fingerprint density at radius 2 is 1.90 bits per heavy atom. The summed E-state index contributed by atoms with van der Waals surface area (Å²) in [5, 5.41) is 31.4. The van der Waals surface area contributed by atoms with Crippen molar-refractivity contribution in [3.8, 4) is 0 Å². The summed E-state index contributed by atoms with van der Waals surface area (Å²) in [6, 6.07) is 0. The second-order valence-corrected chi connectivity index (χ2v) is 11.0. The summed E-state index contributed by atoms with van der Waals surface area (Å²) in [6.45, 7) is 4.63. The predicted molar refractivity (Wildman–Crippen MR) is 114 cm³/mol. The number of carboxylic acid groups (broad SMARTS) is 1. The minimum absolute atomic E-state index is 0.0536. The summed E-state index contributed by atoms with van der Waals surface area (Å²) in [4.78, 5) is 38.0. The molecule has 6 nitrogen and oxygen atoms in total. The number of carbonyl (C=O) groups excluding carboxylic acids is 2. The highest BCUT2D eigenvalue weighted by atomic mass is 16.4. The van der Waals surface area contributed by atoms with Crippen LogP contribution in [-0.2, 0) is 14.4 Å². The van der Waals surface area contributed by atoms with Crippen molar-refractivity contribution in [1.82, 2.24) is 0 Å². The van der Waals surface area contributed by atoms with Crippen molar-refractivity contribution in [3.05, 3.63) is 11.6 Å². The SMILES string of the molecule is CC(=O)C(C(=O)O)C1(C(=O)CO)CCC2C3CCC4=CCCCC4(C)C3C(O)CC21C. The first-order valence-corrected chi connectivity index (χ1v) is 11.8. The first-order chi connectivity index (χ1) is 14.5. The molecule has 31 heavy (non-hydrogen) atoms. The monoisotopic (exact) mass is 432 g/mol. The number of carboxylic acids is 1. The summed E-state index contributed by atoms with van der Waals surface area (Å²) in [6.07, 6.45) is 8.06. The molecule has 3 saturated carbocycles. The van der Waals surface area contributed by atoms with Crippen LogP contribution in [0.1, 0.15) is 72.1 Å². The van der Waals surface area contributed by atoms with Crippen molar-refractivity contribution in [2.45, 2.75) is 78.2 Å². The normalized spacial score (nSPS) is 45.0. The Kier molecular flexibility index (Phi) is 5.49. The quantitative estimate of drug-likeness (QED) is 0.454. The Morgan fingerprint density at radius 1 is 1.19 bits per heavy atom. The van der Waals surface area contributed by atoms with E-state index in [2.05, 4.69) is 13.0 Å². The molecule has 0 bridgehead atoms. The maximum Gasteiger partial charge on any atom is 0.315 e. The number of fused-ring (bicyclic) bond motifs is 5. The fourth-order valence-corrected chi connectivity index (χ4v) is 8.91. The van der Waals surface area contributed by atoms with Crippen molar-refractivity contribution in [1.29, 1.82) is 0 Å². The van der Waals surface area contributed by atoms with E-state index in [9.17, 15) is 29.7 Å². The lowest BCUT2D eigenvalue weighted by Crippen LogP contribution is -2.62. The van der Waals surface area contributed by atoms with Gasteiger partial charge in [0.25, 0.3) is 0 Å². The van der Waals surface area contributed by atoms with E-state index in [4.69, 9.17) is 0 Å². The standard InChI is InChI=1S/C25H36O6/c1-14(27)20(22(30)31)25(19(29)13-26)11-9-17-16-8-7-15-6-4-5-10-23(15,2)21(16)18(28)12-24(17,25)3/h6,16-18,20-21,26,28H,4-5,7-13H2,1-3H3,(H,30,31). The lowest BCUT2D eigenvalue weighted by atomic mass is 9.42. The molecule has 0 heterocycles. The summed E-state index contributed by atoms with van der Waals surface area (Å²) in [5.74, 6) is -3.59. The molecule has 8 unspecified atom stereocenters. The van der Waals surface area contributed by atoms with Crippen molar-refractivity contribution in [2.24, 2.45) is 39.9 Å². The van der Waals surface area contributed by atoms with E-state index >= 15 is 0 Å². The number of carbonyl (C=O) groups is 3. The van der Waals surface area contributed by atoms with Crippen LogP contribution >= 0.6 is 0 Å². The summed E-state index contributed by atoms with van der Waals surface area (Å²) >= 11 is 0. The van der Waals surface area contributed by atoms with Gasteiger partial charge in [0.2, 0.25) is 0 Å². The number of hydrogen-bond donors (Lipinski definition) is 3. The minimum atomic E-state index is -1.49. The molecule has 172 valence electrons. The number of hydrogen-bond acceptors (Lipinski definition) is 5. The van der Waals surface area contributed by atoms with Gasteiger partial charge < -0.3 is 15.3 Å². The number of aliphatic carboxylic acids is 1. The predicted octanol–water partition coefficient (Wildman–Crippen LogP) is 3.15. The van der Waals surface area contributed by atoms with Crippen molar-refractivity contribution < 1.29 is 29.7 Å². The average molecular weight is 433 g/mol. The van der Waals surface area contributed by atoms with Crippen LogP contribution < -0.4 is 0 Å². The zero-order valence-electron chi connectivity index (χ0n) is 18.9. The molecular formula is C25H36O6. The molecule has 6 heteroatoms. The maximum atomic E-state index is 13.2. The van der Waals surface area contributed by atoms with Crippen molar-refractivity contribution >= 4 is 17.5 Å². The van der Waals surface area contributed by atoms with Crippen molar-refractivity contribution in [2.75, 3.05) is 6.61 Å². The number of ketones is 2. The maximum absolute atomic E-state index is 13.2. The Hall–Kier alpha value is -1.53. The number of Topliss-reactive ketones (excluding diaryl/α,β-unsaturated/α-hetero) is 2. The van der Waals surface area contributed by atoms with Gasteiger partial charge in [0.15, 0.2) is 5.78 Å². The van der Waals surface area contributed by atoms with Gasteiger partial charge in [0.05, 0.1) is 11.5 Å². The van der Waals surface area contributed by atoms with E-state index < -0.39 is 47.0 Å². The molecule has 0 aliphatic heterocycles. The minimum Gasteiger partial charge on any atom is -0.481 e. The summed E-state index contributed by atoms with van der Waals surface area (Å²) in [5.41, 5.74) is -0.917. The number of aliphatic hydroxyl groups excluding tert-OH is 2. The number of rotatable bonds is 5. The molecule has 0 saturated heterocycles. The molecule has 8 atom stereocenters. The molecule has 3 N–H and O–H groups in total. The van der Waals surface area contributed by atoms with Gasteiger partial charge in [-0.25, -0.2) is 0 Å². The van der Waals surface area contributed by atoms with Gasteiger partial charge in [-0.2, -0.15) is 0 Å². The van der Waals surface area contributed by atoms with E-state index in [1.807, 2.05) is 6.92 Å². The first kappa shape index (κ1) is 22.7. The topological polar surface area (TPSA) is 112 Å². The van der Waals surface area contributed by atoms with Gasteiger partial charge >= 0.3 is 5.97 Å². The number of allylic oxidation sites excluding steroid dienone is 2. The molecule has 0 amide bonds. The highest BCUT2D eigenvalue weighted by molar-refractivity contribution is 6.04. The Labute approximate surface area is 184 Å². The van der Waals surface area contributed by atoms with E-state index in [0.717, 1.165) is 32.1 Å². The van der Waals surface area contributed by atoms with Gasteiger partial charge in [0, 0.05) is 0 Å². The van der Waals surface area contributed by atoms with Crippen LogP contribution in [0.3, 0.4) is 0 Å². The van der Waals surface area contributed by atoms with Crippen LogP contribution in [0, 0.1) is 39.9 Å². The third-order valence-corrected chi connectivity index (χ3v) is 10.0. The molecule has 0 aromatic rings. The molecule has 0 aromatic heterocycles. The molecule has 4 aliphatic carbocycles. The molecule has 0 spiro atoms.